The molecule has 2 rings (SSSR count). The molecule has 0 spiro atoms. The highest BCUT2D eigenvalue weighted by atomic mass is 19.1. The van der Waals surface area contributed by atoms with Crippen LogP contribution >= 0.6 is 0 Å². The van der Waals surface area contributed by atoms with Crippen LogP contribution in [0.3, 0.4) is 0 Å². The molecule has 0 fully saturated rings. The van der Waals surface area contributed by atoms with Crippen LogP contribution in [0.1, 0.15) is 35.6 Å². The number of benzene rings is 2. The molecule has 0 atom stereocenters. The molecule has 0 saturated heterocycles. The third kappa shape index (κ3) is 5.64. The molecular weight excluding hydrogens is 343 g/mol. The van der Waals surface area contributed by atoms with E-state index in [1.54, 1.807) is 23.1 Å². The van der Waals surface area contributed by atoms with E-state index in [-0.39, 0.29) is 24.1 Å². The average molecular weight is 370 g/mol. The van der Waals surface area contributed by atoms with Crippen LogP contribution in [0.25, 0.3) is 0 Å². The molecule has 144 valence electrons. The van der Waals surface area contributed by atoms with Gasteiger partial charge in [0, 0.05) is 32.1 Å². The van der Waals surface area contributed by atoms with Crippen molar-refractivity contribution in [1.82, 2.24) is 5.32 Å². The molecule has 27 heavy (non-hydrogen) atoms. The van der Waals surface area contributed by atoms with Crippen molar-refractivity contribution in [3.8, 4) is 0 Å². The van der Waals surface area contributed by atoms with Crippen molar-refractivity contribution in [2.75, 3.05) is 18.0 Å². The molecule has 2 aromatic rings. The van der Waals surface area contributed by atoms with Crippen LogP contribution in [0.4, 0.5) is 10.1 Å². The Kier molecular flexibility index (Phi) is 7.11. The molecule has 2 amide bonds. The van der Waals surface area contributed by atoms with Gasteiger partial charge < -0.3 is 10.2 Å². The van der Waals surface area contributed by atoms with Crippen LogP contribution in [-0.2, 0) is 16.0 Å². The maximum absolute atomic E-state index is 13.6. The number of anilines is 1. The first-order valence-electron chi connectivity index (χ1n) is 9.15. The molecule has 0 unspecified atom stereocenters. The van der Waals surface area contributed by atoms with E-state index in [1.165, 1.54) is 13.0 Å². The second-order valence-corrected chi connectivity index (χ2v) is 6.86. The summed E-state index contributed by atoms with van der Waals surface area (Å²) in [6.45, 7) is 8.15. The lowest BCUT2D eigenvalue weighted by atomic mass is 10.0. The number of hydrogen-bond acceptors (Lipinski definition) is 2. The number of halogens is 1. The Morgan fingerprint density at radius 1 is 1.07 bits per heavy atom. The van der Waals surface area contributed by atoms with Gasteiger partial charge in [-0.25, -0.2) is 4.39 Å². The molecular formula is C22H27FN2O2. The molecule has 0 saturated carbocycles. The summed E-state index contributed by atoms with van der Waals surface area (Å²) >= 11 is 0. The third-order valence-corrected chi connectivity index (χ3v) is 4.52. The molecule has 0 aliphatic carbocycles. The maximum Gasteiger partial charge on any atom is 0.223 e. The van der Waals surface area contributed by atoms with Crippen LogP contribution in [0, 0.1) is 26.6 Å². The summed E-state index contributed by atoms with van der Waals surface area (Å²) in [5.74, 6) is -0.510. The summed E-state index contributed by atoms with van der Waals surface area (Å²) < 4.78 is 13.6. The number of carbonyl (C=O) groups excluding carboxylic acids is 2. The van der Waals surface area contributed by atoms with E-state index in [2.05, 4.69) is 5.32 Å². The molecule has 0 bridgehead atoms. The van der Waals surface area contributed by atoms with Gasteiger partial charge in [0.1, 0.15) is 5.82 Å². The first kappa shape index (κ1) is 20.6. The second kappa shape index (κ2) is 9.31. The number of rotatable bonds is 7. The molecule has 5 heteroatoms. The standard InChI is InChI=1S/C22H27FN2O2/c1-15-13-16(2)22(17(3)14-15)25(18(4)26)12-10-21(27)24-11-9-19-7-5-6-8-20(19)23/h5-8,13-14H,9-12H2,1-4H3,(H,24,27). The monoisotopic (exact) mass is 370 g/mol. The summed E-state index contributed by atoms with van der Waals surface area (Å²) in [6.07, 6.45) is 0.634. The fourth-order valence-corrected chi connectivity index (χ4v) is 3.36. The average Bonchev–Trinajstić information content (AvgIpc) is 2.58. The highest BCUT2D eigenvalue weighted by molar-refractivity contribution is 5.94. The van der Waals surface area contributed by atoms with Crippen LogP contribution in [-0.4, -0.2) is 24.9 Å². The molecule has 0 aromatic heterocycles. The zero-order chi connectivity index (χ0) is 20.0. The predicted molar refractivity (Wildman–Crippen MR) is 106 cm³/mol. The summed E-state index contributed by atoms with van der Waals surface area (Å²) in [7, 11) is 0. The summed E-state index contributed by atoms with van der Waals surface area (Å²) in [5, 5.41) is 2.80. The van der Waals surface area contributed by atoms with Crippen LogP contribution in [0.15, 0.2) is 36.4 Å². The summed E-state index contributed by atoms with van der Waals surface area (Å²) in [6, 6.07) is 10.6. The summed E-state index contributed by atoms with van der Waals surface area (Å²) in [5.41, 5.74) is 4.62. The van der Waals surface area contributed by atoms with Gasteiger partial charge in [-0.15, -0.1) is 0 Å². The lowest BCUT2D eigenvalue weighted by Gasteiger charge is -2.25. The minimum atomic E-state index is -0.264. The van der Waals surface area contributed by atoms with Crippen molar-refractivity contribution < 1.29 is 14.0 Å². The lowest BCUT2D eigenvalue weighted by molar-refractivity contribution is -0.121. The highest BCUT2D eigenvalue weighted by Gasteiger charge is 2.17. The number of aryl methyl sites for hydroxylation is 3. The van der Waals surface area contributed by atoms with Crippen molar-refractivity contribution in [3.63, 3.8) is 0 Å². The Labute approximate surface area is 160 Å². The van der Waals surface area contributed by atoms with E-state index in [0.29, 0.717) is 25.1 Å². The van der Waals surface area contributed by atoms with Gasteiger partial charge in [-0.05, 0) is 49.9 Å². The first-order valence-corrected chi connectivity index (χ1v) is 9.15. The van der Waals surface area contributed by atoms with Gasteiger partial charge >= 0.3 is 0 Å². The Balaban J connectivity index is 1.93. The minimum absolute atomic E-state index is 0.0933. The topological polar surface area (TPSA) is 49.4 Å². The highest BCUT2D eigenvalue weighted by Crippen LogP contribution is 2.26. The fourth-order valence-electron chi connectivity index (χ4n) is 3.36. The molecule has 2 aromatic carbocycles. The smallest absolute Gasteiger partial charge is 0.223 e. The Hall–Kier alpha value is -2.69. The van der Waals surface area contributed by atoms with E-state index < -0.39 is 0 Å². The van der Waals surface area contributed by atoms with Crippen molar-refractivity contribution in [1.29, 1.82) is 0 Å². The van der Waals surface area contributed by atoms with Crippen molar-refractivity contribution in [2.24, 2.45) is 0 Å². The number of amides is 2. The van der Waals surface area contributed by atoms with Crippen LogP contribution in [0.2, 0.25) is 0 Å². The normalized spacial score (nSPS) is 10.6. The fraction of sp³-hybridized carbons (Fsp3) is 0.364. The van der Waals surface area contributed by atoms with Crippen molar-refractivity contribution in [2.45, 2.75) is 40.5 Å². The van der Waals surface area contributed by atoms with Crippen LogP contribution in [0.5, 0.6) is 0 Å². The Morgan fingerprint density at radius 2 is 1.70 bits per heavy atom. The molecule has 0 heterocycles. The zero-order valence-electron chi connectivity index (χ0n) is 16.4. The SMILES string of the molecule is CC(=O)N(CCC(=O)NCCc1ccccc1F)c1c(C)cc(C)cc1C. The Bertz CT molecular complexity index is 810. The van der Waals surface area contributed by atoms with Gasteiger partial charge in [0.05, 0.1) is 0 Å². The quantitative estimate of drug-likeness (QED) is 0.805. The van der Waals surface area contributed by atoms with Crippen molar-refractivity contribution >= 4 is 17.5 Å². The molecule has 1 N–H and O–H groups in total. The molecule has 0 aliphatic heterocycles. The maximum atomic E-state index is 13.6. The van der Waals surface area contributed by atoms with Gasteiger partial charge in [0.25, 0.3) is 0 Å². The molecule has 4 nitrogen and oxygen atoms in total. The van der Waals surface area contributed by atoms with Crippen molar-refractivity contribution in [3.05, 3.63) is 64.5 Å². The largest absolute Gasteiger partial charge is 0.356 e. The van der Waals surface area contributed by atoms with E-state index in [4.69, 9.17) is 0 Å². The van der Waals surface area contributed by atoms with Gasteiger partial charge in [0.2, 0.25) is 11.8 Å². The number of nitrogens with one attached hydrogen (secondary N) is 1. The van der Waals surface area contributed by atoms with Gasteiger partial charge in [-0.3, -0.25) is 9.59 Å². The minimum Gasteiger partial charge on any atom is -0.356 e. The number of carbonyl (C=O) groups is 2. The molecule has 0 aliphatic rings. The van der Waals surface area contributed by atoms with Gasteiger partial charge in [-0.2, -0.15) is 0 Å². The zero-order valence-corrected chi connectivity index (χ0v) is 16.4. The molecule has 0 radical (unpaired) electrons. The van der Waals surface area contributed by atoms with Gasteiger partial charge in [0.15, 0.2) is 0 Å². The van der Waals surface area contributed by atoms with E-state index in [1.807, 2.05) is 32.9 Å². The van der Waals surface area contributed by atoms with E-state index in [9.17, 15) is 14.0 Å². The van der Waals surface area contributed by atoms with Gasteiger partial charge in [-0.1, -0.05) is 35.9 Å². The van der Waals surface area contributed by atoms with E-state index in [0.717, 1.165) is 22.4 Å². The van der Waals surface area contributed by atoms with Crippen LogP contribution < -0.4 is 10.2 Å². The third-order valence-electron chi connectivity index (χ3n) is 4.52. The summed E-state index contributed by atoms with van der Waals surface area (Å²) in [4.78, 5) is 25.9. The lowest BCUT2D eigenvalue weighted by Crippen LogP contribution is -2.35. The number of nitrogens with zero attached hydrogens (tertiary/aromatic N) is 1. The second-order valence-electron chi connectivity index (χ2n) is 6.86. The Morgan fingerprint density at radius 3 is 2.30 bits per heavy atom. The number of hydrogen-bond donors (Lipinski definition) is 1. The first-order chi connectivity index (χ1) is 12.8. The predicted octanol–water partition coefficient (Wildman–Crippen LogP) is 3.85. The van der Waals surface area contributed by atoms with E-state index >= 15 is 0 Å².